The third-order valence-electron chi connectivity index (χ3n) is 5.60. The molecule has 0 fully saturated rings. The lowest BCUT2D eigenvalue weighted by Gasteiger charge is -2.35. The maximum Gasteiger partial charge on any atom is 0.230 e. The van der Waals surface area contributed by atoms with Crippen LogP contribution in [-0.4, -0.2) is 18.8 Å². The molecule has 1 N–H and O–H groups in total. The SMILES string of the molecule is COc1ccc(C2C3=C(CCCC3=O)Nc3ccccc3N2C(=O)C(C)C)cc1. The lowest BCUT2D eigenvalue weighted by atomic mass is 9.85. The van der Waals surface area contributed by atoms with Crippen LogP contribution in [0.25, 0.3) is 0 Å². The van der Waals surface area contributed by atoms with E-state index in [9.17, 15) is 9.59 Å². The van der Waals surface area contributed by atoms with Crippen molar-refractivity contribution in [2.75, 3.05) is 17.3 Å². The van der Waals surface area contributed by atoms with E-state index in [0.717, 1.165) is 41.2 Å². The van der Waals surface area contributed by atoms with Crippen LogP contribution in [0.4, 0.5) is 11.4 Å². The number of ketones is 1. The van der Waals surface area contributed by atoms with Crippen molar-refractivity contribution in [1.29, 1.82) is 0 Å². The molecule has 2 aliphatic rings. The summed E-state index contributed by atoms with van der Waals surface area (Å²) in [4.78, 5) is 28.4. The van der Waals surface area contributed by atoms with Crippen molar-refractivity contribution in [3.8, 4) is 5.75 Å². The number of benzene rings is 2. The predicted molar refractivity (Wildman–Crippen MR) is 114 cm³/mol. The summed E-state index contributed by atoms with van der Waals surface area (Å²) in [6, 6.07) is 15.0. The molecule has 1 aliphatic carbocycles. The van der Waals surface area contributed by atoms with Crippen molar-refractivity contribution in [3.05, 3.63) is 65.4 Å². The number of anilines is 2. The number of carbonyl (C=O) groups is 2. The molecule has 1 atom stereocenters. The Balaban J connectivity index is 1.98. The lowest BCUT2D eigenvalue weighted by molar-refractivity contribution is -0.121. The molecule has 1 unspecified atom stereocenters. The summed E-state index contributed by atoms with van der Waals surface area (Å²) in [7, 11) is 1.63. The number of hydrogen-bond acceptors (Lipinski definition) is 4. The summed E-state index contributed by atoms with van der Waals surface area (Å²) in [6.45, 7) is 3.79. The van der Waals surface area contributed by atoms with Gasteiger partial charge in [-0.15, -0.1) is 0 Å². The molecule has 4 rings (SSSR count). The van der Waals surface area contributed by atoms with E-state index in [1.54, 1.807) is 12.0 Å². The van der Waals surface area contributed by atoms with Crippen molar-refractivity contribution in [2.24, 2.45) is 5.92 Å². The van der Waals surface area contributed by atoms with E-state index >= 15 is 0 Å². The van der Waals surface area contributed by atoms with Crippen LogP contribution in [-0.2, 0) is 9.59 Å². The molecular formula is C24H26N2O3. The Hall–Kier alpha value is -3.08. The molecule has 5 nitrogen and oxygen atoms in total. The van der Waals surface area contributed by atoms with Gasteiger partial charge in [0.05, 0.1) is 24.5 Å². The summed E-state index contributed by atoms with van der Waals surface area (Å²) < 4.78 is 5.31. The first-order valence-electron chi connectivity index (χ1n) is 10.1. The number of methoxy groups -OCH3 is 1. The van der Waals surface area contributed by atoms with E-state index in [4.69, 9.17) is 4.74 Å². The molecule has 1 amide bonds. The van der Waals surface area contributed by atoms with Crippen molar-refractivity contribution < 1.29 is 14.3 Å². The molecule has 150 valence electrons. The molecule has 1 aliphatic heterocycles. The van der Waals surface area contributed by atoms with Gasteiger partial charge in [0.1, 0.15) is 5.75 Å². The fourth-order valence-electron chi connectivity index (χ4n) is 4.16. The van der Waals surface area contributed by atoms with Crippen LogP contribution < -0.4 is 15.0 Å². The molecule has 0 bridgehead atoms. The zero-order valence-corrected chi connectivity index (χ0v) is 17.1. The Morgan fingerprint density at radius 2 is 1.83 bits per heavy atom. The Labute approximate surface area is 171 Å². The molecule has 29 heavy (non-hydrogen) atoms. The van der Waals surface area contributed by atoms with Gasteiger partial charge in [-0.25, -0.2) is 0 Å². The lowest BCUT2D eigenvalue weighted by Crippen LogP contribution is -2.40. The zero-order chi connectivity index (χ0) is 20.5. The van der Waals surface area contributed by atoms with Crippen LogP contribution >= 0.6 is 0 Å². The number of rotatable bonds is 3. The number of Topliss-reactive ketones (excluding diaryl/α,β-unsaturated/α-hetero) is 1. The number of nitrogens with zero attached hydrogens (tertiary/aromatic N) is 1. The predicted octanol–water partition coefficient (Wildman–Crippen LogP) is 4.86. The quantitative estimate of drug-likeness (QED) is 0.813. The van der Waals surface area contributed by atoms with E-state index in [0.29, 0.717) is 12.0 Å². The Kier molecular flexibility index (Phi) is 5.14. The molecule has 0 spiro atoms. The molecule has 0 radical (unpaired) electrons. The molecule has 0 saturated heterocycles. The Bertz CT molecular complexity index is 976. The first-order valence-corrected chi connectivity index (χ1v) is 10.1. The highest BCUT2D eigenvalue weighted by Crippen LogP contribution is 2.45. The topological polar surface area (TPSA) is 58.6 Å². The highest BCUT2D eigenvalue weighted by molar-refractivity contribution is 6.06. The van der Waals surface area contributed by atoms with E-state index < -0.39 is 6.04 Å². The van der Waals surface area contributed by atoms with Gasteiger partial charge in [-0.1, -0.05) is 38.1 Å². The van der Waals surface area contributed by atoms with E-state index in [1.807, 2.05) is 62.4 Å². The molecule has 0 saturated carbocycles. The van der Waals surface area contributed by atoms with Crippen LogP contribution in [0.5, 0.6) is 5.75 Å². The smallest absolute Gasteiger partial charge is 0.230 e. The molecule has 1 heterocycles. The summed E-state index contributed by atoms with van der Waals surface area (Å²) in [6.07, 6.45) is 2.12. The third kappa shape index (κ3) is 3.41. The second-order valence-electron chi connectivity index (χ2n) is 7.85. The van der Waals surface area contributed by atoms with E-state index in [-0.39, 0.29) is 17.6 Å². The standard InChI is InChI=1S/C24H26N2O3/c1-15(2)24(28)26-20-9-5-4-7-18(20)25-19-8-6-10-21(27)22(19)23(26)16-11-13-17(29-3)14-12-16/h4-5,7,9,11-15,23,25H,6,8,10H2,1-3H3. The number of carbonyl (C=O) groups excluding carboxylic acids is 2. The number of ether oxygens (including phenoxy) is 1. The highest BCUT2D eigenvalue weighted by atomic mass is 16.5. The summed E-state index contributed by atoms with van der Waals surface area (Å²) >= 11 is 0. The van der Waals surface area contributed by atoms with Gasteiger partial charge in [0.15, 0.2) is 5.78 Å². The first kappa shape index (κ1) is 19.2. The summed E-state index contributed by atoms with van der Waals surface area (Å²) in [5.74, 6) is 0.637. The maximum absolute atomic E-state index is 13.4. The number of nitrogens with one attached hydrogen (secondary N) is 1. The van der Waals surface area contributed by atoms with Gasteiger partial charge >= 0.3 is 0 Å². The van der Waals surface area contributed by atoms with Crippen molar-refractivity contribution in [1.82, 2.24) is 0 Å². The highest BCUT2D eigenvalue weighted by Gasteiger charge is 2.39. The van der Waals surface area contributed by atoms with Crippen molar-refractivity contribution >= 4 is 23.1 Å². The first-order chi connectivity index (χ1) is 14.0. The monoisotopic (exact) mass is 390 g/mol. The molecule has 0 aromatic heterocycles. The van der Waals surface area contributed by atoms with Crippen LogP contribution in [0, 0.1) is 5.92 Å². The largest absolute Gasteiger partial charge is 0.497 e. The molecule has 2 aromatic rings. The fraction of sp³-hybridized carbons (Fsp3) is 0.333. The van der Waals surface area contributed by atoms with Crippen molar-refractivity contribution in [2.45, 2.75) is 39.2 Å². The summed E-state index contributed by atoms with van der Waals surface area (Å²) in [5, 5.41) is 3.48. The van der Waals surface area contributed by atoms with Crippen LogP contribution in [0.1, 0.15) is 44.7 Å². The zero-order valence-electron chi connectivity index (χ0n) is 17.1. The van der Waals surface area contributed by atoms with Crippen LogP contribution in [0.2, 0.25) is 0 Å². The number of hydrogen-bond donors (Lipinski definition) is 1. The van der Waals surface area contributed by atoms with Crippen molar-refractivity contribution in [3.63, 3.8) is 0 Å². The summed E-state index contributed by atoms with van der Waals surface area (Å²) in [5.41, 5.74) is 4.19. The third-order valence-corrected chi connectivity index (χ3v) is 5.60. The van der Waals surface area contributed by atoms with Gasteiger partial charge in [-0.05, 0) is 42.7 Å². The van der Waals surface area contributed by atoms with E-state index in [1.165, 1.54) is 0 Å². The second kappa shape index (κ2) is 7.74. The van der Waals surface area contributed by atoms with Crippen LogP contribution in [0.15, 0.2) is 59.8 Å². The molecular weight excluding hydrogens is 364 g/mol. The molecule has 2 aromatic carbocycles. The Morgan fingerprint density at radius 1 is 1.10 bits per heavy atom. The molecule has 5 heteroatoms. The number of fused-ring (bicyclic) bond motifs is 1. The minimum Gasteiger partial charge on any atom is -0.497 e. The van der Waals surface area contributed by atoms with Gasteiger partial charge in [0.2, 0.25) is 5.91 Å². The number of para-hydroxylation sites is 2. The average molecular weight is 390 g/mol. The van der Waals surface area contributed by atoms with Gasteiger partial charge in [-0.3, -0.25) is 14.5 Å². The van der Waals surface area contributed by atoms with Gasteiger partial charge in [0.25, 0.3) is 0 Å². The minimum absolute atomic E-state index is 0.00723. The van der Waals surface area contributed by atoms with Gasteiger partial charge < -0.3 is 10.1 Å². The van der Waals surface area contributed by atoms with Gasteiger partial charge in [0, 0.05) is 23.6 Å². The van der Waals surface area contributed by atoms with E-state index in [2.05, 4.69) is 5.32 Å². The Morgan fingerprint density at radius 3 is 2.52 bits per heavy atom. The number of amides is 1. The maximum atomic E-state index is 13.4. The average Bonchev–Trinajstić information content (AvgIpc) is 2.88. The van der Waals surface area contributed by atoms with Crippen LogP contribution in [0.3, 0.4) is 0 Å². The minimum atomic E-state index is -0.463. The second-order valence-corrected chi connectivity index (χ2v) is 7.85. The normalized spacial score (nSPS) is 18.7. The fourth-order valence-corrected chi connectivity index (χ4v) is 4.16. The number of allylic oxidation sites excluding steroid dienone is 1. The van der Waals surface area contributed by atoms with Gasteiger partial charge in [-0.2, -0.15) is 0 Å².